The zero-order valence-corrected chi connectivity index (χ0v) is 19.1. The van der Waals surface area contributed by atoms with Gasteiger partial charge in [-0.3, -0.25) is 10.2 Å². The van der Waals surface area contributed by atoms with Gasteiger partial charge in [0.05, 0.1) is 18.6 Å². The summed E-state index contributed by atoms with van der Waals surface area (Å²) >= 11 is 0. The van der Waals surface area contributed by atoms with E-state index in [2.05, 4.69) is 39.7 Å². The third kappa shape index (κ3) is 5.78. The number of anilines is 1. The number of hydrogen-bond acceptors (Lipinski definition) is 7. The van der Waals surface area contributed by atoms with Gasteiger partial charge >= 0.3 is 0 Å². The van der Waals surface area contributed by atoms with Crippen LogP contribution >= 0.6 is 0 Å². The summed E-state index contributed by atoms with van der Waals surface area (Å²) in [7, 11) is 3.27. The summed E-state index contributed by atoms with van der Waals surface area (Å²) < 4.78 is 5.38. The maximum atomic E-state index is 11.2. The second-order valence-electron chi connectivity index (χ2n) is 7.89. The molecule has 0 spiro atoms. The van der Waals surface area contributed by atoms with Gasteiger partial charge in [0.2, 0.25) is 0 Å². The Hall–Kier alpha value is -2.48. The number of nitrogens with one attached hydrogen (secondary N) is 1. The number of ether oxygens (including phenoxy) is 1. The number of nitrogens with two attached hydrogens (primary N) is 2. The minimum Gasteiger partial charge on any atom is -0.501 e. The van der Waals surface area contributed by atoms with Gasteiger partial charge in [0.25, 0.3) is 0 Å². The number of aryl methyl sites for hydroxylation is 1. The number of methoxy groups -OCH3 is 1. The second-order valence-corrected chi connectivity index (χ2v) is 7.89. The molecule has 30 heavy (non-hydrogen) atoms. The highest BCUT2D eigenvalue weighted by Gasteiger charge is 2.49. The smallest absolute Gasteiger partial charge is 0.180 e. The van der Waals surface area contributed by atoms with E-state index in [0.717, 1.165) is 12.1 Å². The molecule has 1 aromatic heterocycles. The minimum atomic E-state index is -0.148. The van der Waals surface area contributed by atoms with Gasteiger partial charge in [-0.05, 0) is 57.9 Å². The van der Waals surface area contributed by atoms with E-state index >= 15 is 0 Å². The predicted molar refractivity (Wildman–Crippen MR) is 122 cm³/mol. The van der Waals surface area contributed by atoms with Crippen LogP contribution in [0.4, 0.5) is 5.69 Å². The summed E-state index contributed by atoms with van der Waals surface area (Å²) in [5.41, 5.74) is 14.7. The van der Waals surface area contributed by atoms with Crippen molar-refractivity contribution in [2.24, 2.45) is 27.4 Å². The standard InChI is InChI=1S/C13H22O.C8H11N5O.CH5N/c1-4-12-5-8-13(9-6-12,10-7-12)11(2)14-3;1-5-7(13-12-3-9)8(6(2)14)11-4-10-5;1-2/h2,4-10H2,1,3H3;3-4,13H,1-2H3,(H2,9,12);2H2,1H3. The van der Waals surface area contributed by atoms with Gasteiger partial charge in [0.1, 0.15) is 24.0 Å². The summed E-state index contributed by atoms with van der Waals surface area (Å²) in [6.45, 7) is 9.62. The van der Waals surface area contributed by atoms with Crippen molar-refractivity contribution in [2.75, 3.05) is 19.6 Å². The lowest BCUT2D eigenvalue weighted by Gasteiger charge is -2.53. The Morgan fingerprint density at radius 2 is 1.83 bits per heavy atom. The molecule has 0 radical (unpaired) electrons. The topological polar surface area (TPSA) is 129 Å². The van der Waals surface area contributed by atoms with Crippen molar-refractivity contribution in [2.45, 2.75) is 65.7 Å². The van der Waals surface area contributed by atoms with E-state index in [9.17, 15) is 4.79 Å². The number of ketones is 1. The third-order valence-electron chi connectivity index (χ3n) is 6.61. The number of nitrogens with zero attached hydrogens (tertiary/aromatic N) is 3. The van der Waals surface area contributed by atoms with E-state index < -0.39 is 0 Å². The van der Waals surface area contributed by atoms with Crippen molar-refractivity contribution in [1.29, 1.82) is 0 Å². The van der Waals surface area contributed by atoms with Gasteiger partial charge in [-0.15, -0.1) is 0 Å². The summed E-state index contributed by atoms with van der Waals surface area (Å²) in [6, 6.07) is 0. The largest absolute Gasteiger partial charge is 0.501 e. The fourth-order valence-electron chi connectivity index (χ4n) is 4.40. The van der Waals surface area contributed by atoms with Crippen molar-refractivity contribution in [3.63, 3.8) is 0 Å². The van der Waals surface area contributed by atoms with Crippen LogP contribution < -0.4 is 16.9 Å². The molecule has 1 aromatic rings. The number of carbonyl (C=O) groups excluding carboxylic acids is 1. The Morgan fingerprint density at radius 1 is 1.27 bits per heavy atom. The van der Waals surface area contributed by atoms with Crippen LogP contribution in [0, 0.1) is 17.8 Å². The van der Waals surface area contributed by atoms with Crippen molar-refractivity contribution >= 4 is 17.8 Å². The maximum Gasteiger partial charge on any atom is 0.180 e. The van der Waals surface area contributed by atoms with Gasteiger partial charge in [0, 0.05) is 12.3 Å². The molecule has 1 heterocycles. The van der Waals surface area contributed by atoms with Crippen molar-refractivity contribution < 1.29 is 9.53 Å². The summed E-state index contributed by atoms with van der Waals surface area (Å²) in [5, 5.41) is 3.62. The lowest BCUT2D eigenvalue weighted by Crippen LogP contribution is -2.42. The first-order chi connectivity index (χ1) is 14.3. The van der Waals surface area contributed by atoms with Crippen LogP contribution in [-0.4, -0.2) is 36.2 Å². The van der Waals surface area contributed by atoms with E-state index in [1.807, 2.05) is 0 Å². The number of hydrogen-bond donors (Lipinski definition) is 3. The van der Waals surface area contributed by atoms with Gasteiger partial charge in [-0.1, -0.05) is 19.9 Å². The molecule has 0 saturated heterocycles. The number of fused-ring (bicyclic) bond motifs is 3. The molecule has 0 aromatic carbocycles. The molecule has 4 rings (SSSR count). The molecule has 2 bridgehead atoms. The molecule has 3 aliphatic rings. The number of rotatable bonds is 6. The number of hydrazone groups is 1. The van der Waals surface area contributed by atoms with E-state index in [1.54, 1.807) is 14.0 Å². The minimum absolute atomic E-state index is 0.148. The third-order valence-corrected chi connectivity index (χ3v) is 6.61. The number of Topliss-reactive ketones (excluding diaryl/α,β-unsaturated/α-hetero) is 1. The lowest BCUT2D eigenvalue weighted by atomic mass is 9.52. The Labute approximate surface area is 180 Å². The normalized spacial score (nSPS) is 24.2. The number of carbonyl (C=O) groups is 1. The molecule has 8 heteroatoms. The molecular formula is C22H38N6O2. The van der Waals surface area contributed by atoms with E-state index in [-0.39, 0.29) is 5.78 Å². The van der Waals surface area contributed by atoms with Gasteiger partial charge in [0.15, 0.2) is 5.78 Å². The van der Waals surface area contributed by atoms with Crippen LogP contribution in [0.1, 0.15) is 75.0 Å². The van der Waals surface area contributed by atoms with Crippen LogP contribution in [0.5, 0.6) is 0 Å². The van der Waals surface area contributed by atoms with E-state index in [4.69, 9.17) is 10.5 Å². The number of allylic oxidation sites excluding steroid dienone is 1. The average molecular weight is 419 g/mol. The first-order valence-electron chi connectivity index (χ1n) is 10.5. The van der Waals surface area contributed by atoms with Crippen molar-refractivity contribution in [3.8, 4) is 0 Å². The maximum absolute atomic E-state index is 11.2. The zero-order valence-electron chi connectivity index (χ0n) is 19.1. The lowest BCUT2D eigenvalue weighted by molar-refractivity contribution is -0.0172. The summed E-state index contributed by atoms with van der Waals surface area (Å²) in [5.74, 6) is 0.895. The number of aromatic nitrogens is 2. The molecule has 0 aliphatic heterocycles. The van der Waals surface area contributed by atoms with Gasteiger partial charge in [-0.25, -0.2) is 9.97 Å². The monoisotopic (exact) mass is 418 g/mol. The highest BCUT2D eigenvalue weighted by Crippen LogP contribution is 2.60. The molecule has 0 amide bonds. The highest BCUT2D eigenvalue weighted by atomic mass is 16.5. The molecular weight excluding hydrogens is 380 g/mol. The Kier molecular flexibility index (Phi) is 9.92. The second kappa shape index (κ2) is 11.6. The molecule has 0 unspecified atom stereocenters. The quantitative estimate of drug-likeness (QED) is 0.211. The fraction of sp³-hybridized carbons (Fsp3) is 0.636. The van der Waals surface area contributed by atoms with Crippen molar-refractivity contribution in [1.82, 2.24) is 9.97 Å². The molecule has 3 saturated carbocycles. The molecule has 0 atom stereocenters. The predicted octanol–water partition coefficient (Wildman–Crippen LogP) is 3.77. The first-order valence-corrected chi connectivity index (χ1v) is 10.5. The average Bonchev–Trinajstić information content (AvgIpc) is 2.80. The van der Waals surface area contributed by atoms with E-state index in [1.165, 1.54) is 65.2 Å². The molecule has 168 valence electrons. The molecule has 8 nitrogen and oxygen atoms in total. The van der Waals surface area contributed by atoms with Crippen LogP contribution in [0.15, 0.2) is 23.8 Å². The highest BCUT2D eigenvalue weighted by molar-refractivity contribution is 5.97. The van der Waals surface area contributed by atoms with Crippen LogP contribution in [0.2, 0.25) is 0 Å². The Balaban J connectivity index is 0.000000277. The van der Waals surface area contributed by atoms with Crippen LogP contribution in [0.25, 0.3) is 0 Å². The van der Waals surface area contributed by atoms with Crippen LogP contribution in [-0.2, 0) is 4.74 Å². The Morgan fingerprint density at radius 3 is 2.27 bits per heavy atom. The zero-order chi connectivity index (χ0) is 22.8. The summed E-state index contributed by atoms with van der Waals surface area (Å²) in [4.78, 5) is 19.0. The van der Waals surface area contributed by atoms with Crippen LogP contribution in [0.3, 0.4) is 0 Å². The SMILES string of the molecule is C=C(OC)C12CCC(CC)(CC1)CC2.CC(=O)c1ncnc(C)c1N/N=C/N.CN. The first kappa shape index (κ1) is 25.6. The Bertz CT molecular complexity index is 723. The summed E-state index contributed by atoms with van der Waals surface area (Å²) in [6.07, 6.45) is 11.9. The van der Waals surface area contributed by atoms with Gasteiger partial charge < -0.3 is 16.2 Å². The molecule has 3 fully saturated rings. The molecule has 3 aliphatic carbocycles. The van der Waals surface area contributed by atoms with E-state index in [0.29, 0.717) is 27.9 Å². The fourth-order valence-corrected chi connectivity index (χ4v) is 4.40. The van der Waals surface area contributed by atoms with Crippen molar-refractivity contribution in [3.05, 3.63) is 30.1 Å². The van der Waals surface area contributed by atoms with Gasteiger partial charge in [-0.2, -0.15) is 5.10 Å². The molecule has 5 N–H and O–H groups in total.